The molecule has 0 aromatic rings. The van der Waals surface area contributed by atoms with Gasteiger partial charge in [0, 0.05) is 26.2 Å². The summed E-state index contributed by atoms with van der Waals surface area (Å²) < 4.78 is 5.25. The SMILES string of the molecule is O=C(NCCC1CCO1)C1CNC1. The summed E-state index contributed by atoms with van der Waals surface area (Å²) in [6, 6.07) is 0. The van der Waals surface area contributed by atoms with E-state index >= 15 is 0 Å². The van der Waals surface area contributed by atoms with Crippen molar-refractivity contribution < 1.29 is 9.53 Å². The van der Waals surface area contributed by atoms with Crippen LogP contribution in [0.15, 0.2) is 0 Å². The highest BCUT2D eigenvalue weighted by Gasteiger charge is 2.25. The van der Waals surface area contributed by atoms with E-state index in [9.17, 15) is 4.79 Å². The van der Waals surface area contributed by atoms with Crippen LogP contribution in [0.4, 0.5) is 0 Å². The average molecular weight is 184 g/mol. The summed E-state index contributed by atoms with van der Waals surface area (Å²) in [5.41, 5.74) is 0. The number of nitrogens with one attached hydrogen (secondary N) is 2. The Morgan fingerprint density at radius 1 is 1.54 bits per heavy atom. The van der Waals surface area contributed by atoms with Gasteiger partial charge < -0.3 is 15.4 Å². The zero-order valence-corrected chi connectivity index (χ0v) is 7.71. The van der Waals surface area contributed by atoms with Crippen LogP contribution in [0, 0.1) is 5.92 Å². The molecule has 4 nitrogen and oxygen atoms in total. The summed E-state index contributed by atoms with van der Waals surface area (Å²) in [6.07, 6.45) is 2.52. The van der Waals surface area contributed by atoms with Crippen molar-refractivity contribution in [2.75, 3.05) is 26.2 Å². The van der Waals surface area contributed by atoms with Gasteiger partial charge in [0.2, 0.25) is 5.91 Å². The molecule has 0 saturated carbocycles. The summed E-state index contributed by atoms with van der Waals surface area (Å²) in [7, 11) is 0. The third kappa shape index (κ3) is 2.19. The maximum atomic E-state index is 11.3. The van der Waals surface area contributed by atoms with Gasteiger partial charge in [0.25, 0.3) is 0 Å². The van der Waals surface area contributed by atoms with Gasteiger partial charge in [0.1, 0.15) is 0 Å². The first kappa shape index (κ1) is 8.97. The van der Waals surface area contributed by atoms with E-state index in [-0.39, 0.29) is 11.8 Å². The molecule has 2 rings (SSSR count). The second-order valence-corrected chi connectivity index (χ2v) is 3.72. The molecule has 0 aromatic heterocycles. The van der Waals surface area contributed by atoms with E-state index in [1.54, 1.807) is 0 Å². The summed E-state index contributed by atoms with van der Waals surface area (Å²) in [4.78, 5) is 11.3. The number of rotatable bonds is 4. The average Bonchev–Trinajstić information content (AvgIpc) is 1.90. The molecule has 2 saturated heterocycles. The molecule has 0 spiro atoms. The van der Waals surface area contributed by atoms with E-state index in [1.807, 2.05) is 0 Å². The van der Waals surface area contributed by atoms with Crippen LogP contribution in [0.3, 0.4) is 0 Å². The normalized spacial score (nSPS) is 27.5. The van der Waals surface area contributed by atoms with E-state index in [2.05, 4.69) is 10.6 Å². The molecule has 2 heterocycles. The molecule has 2 N–H and O–H groups in total. The van der Waals surface area contributed by atoms with Crippen LogP contribution in [-0.2, 0) is 9.53 Å². The quantitative estimate of drug-likeness (QED) is 0.619. The highest BCUT2D eigenvalue weighted by atomic mass is 16.5. The maximum Gasteiger partial charge on any atom is 0.225 e. The third-order valence-corrected chi connectivity index (χ3v) is 2.71. The lowest BCUT2D eigenvalue weighted by atomic mass is 10.0. The van der Waals surface area contributed by atoms with Gasteiger partial charge >= 0.3 is 0 Å². The molecule has 1 amide bonds. The lowest BCUT2D eigenvalue weighted by molar-refractivity contribution is -0.126. The number of amides is 1. The Hall–Kier alpha value is -0.610. The van der Waals surface area contributed by atoms with Gasteiger partial charge in [-0.25, -0.2) is 0 Å². The topological polar surface area (TPSA) is 50.4 Å². The molecule has 0 bridgehead atoms. The van der Waals surface area contributed by atoms with Crippen LogP contribution in [0.25, 0.3) is 0 Å². The second-order valence-electron chi connectivity index (χ2n) is 3.72. The van der Waals surface area contributed by atoms with Crippen molar-refractivity contribution in [1.82, 2.24) is 10.6 Å². The predicted octanol–water partition coefficient (Wildman–Crippen LogP) is -0.499. The Morgan fingerprint density at radius 3 is 2.77 bits per heavy atom. The monoisotopic (exact) mass is 184 g/mol. The lowest BCUT2D eigenvalue weighted by Gasteiger charge is -2.28. The van der Waals surface area contributed by atoms with Crippen molar-refractivity contribution >= 4 is 5.91 Å². The first-order valence-electron chi connectivity index (χ1n) is 4.96. The molecular formula is C9H16N2O2. The van der Waals surface area contributed by atoms with Crippen molar-refractivity contribution in [3.63, 3.8) is 0 Å². The molecule has 1 atom stereocenters. The fraction of sp³-hybridized carbons (Fsp3) is 0.889. The van der Waals surface area contributed by atoms with Gasteiger partial charge in [-0.1, -0.05) is 0 Å². The largest absolute Gasteiger partial charge is 0.378 e. The minimum Gasteiger partial charge on any atom is -0.378 e. The molecule has 13 heavy (non-hydrogen) atoms. The molecule has 1 unspecified atom stereocenters. The molecule has 74 valence electrons. The number of carbonyl (C=O) groups excluding carboxylic acids is 1. The summed E-state index contributed by atoms with van der Waals surface area (Å²) in [5.74, 6) is 0.403. The van der Waals surface area contributed by atoms with Crippen LogP contribution < -0.4 is 10.6 Å². The molecular weight excluding hydrogens is 168 g/mol. The van der Waals surface area contributed by atoms with Gasteiger partial charge in [0.05, 0.1) is 12.0 Å². The van der Waals surface area contributed by atoms with Crippen molar-refractivity contribution in [1.29, 1.82) is 0 Å². The van der Waals surface area contributed by atoms with Gasteiger partial charge in [-0.05, 0) is 12.8 Å². The van der Waals surface area contributed by atoms with E-state index in [1.165, 1.54) is 0 Å². The molecule has 0 aliphatic carbocycles. The standard InChI is InChI=1S/C9H16N2O2/c12-9(7-5-10-6-7)11-3-1-8-2-4-13-8/h7-8,10H,1-6H2,(H,11,12). The predicted molar refractivity (Wildman–Crippen MR) is 48.3 cm³/mol. The van der Waals surface area contributed by atoms with Gasteiger partial charge in [-0.2, -0.15) is 0 Å². The smallest absolute Gasteiger partial charge is 0.225 e. The lowest BCUT2D eigenvalue weighted by Crippen LogP contribution is -2.51. The van der Waals surface area contributed by atoms with E-state index in [0.717, 1.165) is 39.1 Å². The molecule has 0 aromatic carbocycles. The Kier molecular flexibility index (Phi) is 2.80. The summed E-state index contributed by atoms with van der Waals surface area (Å²) >= 11 is 0. The molecule has 2 aliphatic heterocycles. The van der Waals surface area contributed by atoms with Crippen LogP contribution in [0.5, 0.6) is 0 Å². The van der Waals surface area contributed by atoms with Crippen LogP contribution in [0.2, 0.25) is 0 Å². The van der Waals surface area contributed by atoms with Crippen LogP contribution >= 0.6 is 0 Å². The fourth-order valence-electron chi connectivity index (χ4n) is 1.49. The first-order valence-corrected chi connectivity index (χ1v) is 4.96. The minimum absolute atomic E-state index is 0.193. The summed E-state index contributed by atoms with van der Waals surface area (Å²) in [5, 5.41) is 6.00. The van der Waals surface area contributed by atoms with Gasteiger partial charge in [0.15, 0.2) is 0 Å². The minimum atomic E-state index is 0.193. The van der Waals surface area contributed by atoms with Crippen molar-refractivity contribution in [2.45, 2.75) is 18.9 Å². The molecule has 4 heteroatoms. The molecule has 2 aliphatic rings. The Balaban J connectivity index is 1.53. The van der Waals surface area contributed by atoms with Crippen molar-refractivity contribution in [2.24, 2.45) is 5.92 Å². The Morgan fingerprint density at radius 2 is 2.31 bits per heavy atom. The number of hydrogen-bond acceptors (Lipinski definition) is 3. The molecule has 2 fully saturated rings. The highest BCUT2D eigenvalue weighted by molar-refractivity contribution is 5.79. The van der Waals surface area contributed by atoms with Crippen LogP contribution in [0.1, 0.15) is 12.8 Å². The summed E-state index contributed by atoms with van der Waals surface area (Å²) in [6.45, 7) is 3.34. The van der Waals surface area contributed by atoms with Gasteiger partial charge in [-0.3, -0.25) is 4.79 Å². The van der Waals surface area contributed by atoms with Crippen LogP contribution in [-0.4, -0.2) is 38.3 Å². The molecule has 0 radical (unpaired) electrons. The zero-order valence-electron chi connectivity index (χ0n) is 7.71. The second kappa shape index (κ2) is 4.07. The van der Waals surface area contributed by atoms with E-state index in [0.29, 0.717) is 6.10 Å². The number of hydrogen-bond donors (Lipinski definition) is 2. The third-order valence-electron chi connectivity index (χ3n) is 2.71. The van der Waals surface area contributed by atoms with E-state index < -0.39 is 0 Å². The Labute approximate surface area is 78.0 Å². The highest BCUT2D eigenvalue weighted by Crippen LogP contribution is 2.13. The maximum absolute atomic E-state index is 11.3. The zero-order chi connectivity index (χ0) is 9.10. The van der Waals surface area contributed by atoms with Gasteiger partial charge in [-0.15, -0.1) is 0 Å². The van der Waals surface area contributed by atoms with E-state index in [4.69, 9.17) is 4.74 Å². The van der Waals surface area contributed by atoms with Crippen molar-refractivity contribution in [3.8, 4) is 0 Å². The number of carbonyl (C=O) groups is 1. The first-order chi connectivity index (χ1) is 6.36. The fourth-order valence-corrected chi connectivity index (χ4v) is 1.49. The Bertz CT molecular complexity index is 188. The van der Waals surface area contributed by atoms with Crippen molar-refractivity contribution in [3.05, 3.63) is 0 Å². The number of ether oxygens (including phenoxy) is 1.